The molecule has 1 aromatic heterocycles. The lowest BCUT2D eigenvalue weighted by Gasteiger charge is -2.23. The number of hydrogen-bond donors (Lipinski definition) is 2. The van der Waals surface area contributed by atoms with Crippen LogP contribution in [0, 0.1) is 0 Å². The summed E-state index contributed by atoms with van der Waals surface area (Å²) in [6.07, 6.45) is 1.40. The van der Waals surface area contributed by atoms with E-state index in [9.17, 15) is 5.11 Å². The number of aliphatic hydroxyl groups is 1. The van der Waals surface area contributed by atoms with Gasteiger partial charge in [-0.25, -0.2) is 0 Å². The van der Waals surface area contributed by atoms with E-state index in [-0.39, 0.29) is 0 Å². The second kappa shape index (κ2) is 7.55. The van der Waals surface area contributed by atoms with Crippen molar-refractivity contribution in [3.8, 4) is 0 Å². The van der Waals surface area contributed by atoms with Crippen molar-refractivity contribution in [3.63, 3.8) is 0 Å². The van der Waals surface area contributed by atoms with Crippen LogP contribution < -0.4 is 5.32 Å². The number of nitrogens with one attached hydrogen (secondary N) is 1. The summed E-state index contributed by atoms with van der Waals surface area (Å²) in [5, 5.41) is 24.0. The number of rotatable bonds is 7. The van der Waals surface area contributed by atoms with Crippen LogP contribution in [-0.2, 0) is 12.0 Å². The van der Waals surface area contributed by atoms with E-state index in [0.717, 1.165) is 22.1 Å². The van der Waals surface area contributed by atoms with E-state index in [2.05, 4.69) is 27.6 Å². The Kier molecular flexibility index (Phi) is 5.23. The maximum Gasteiger partial charge on any atom is 0.205 e. The van der Waals surface area contributed by atoms with Gasteiger partial charge in [-0.3, -0.25) is 0 Å². The summed E-state index contributed by atoms with van der Waals surface area (Å²) < 4.78 is 0. The van der Waals surface area contributed by atoms with Crippen LogP contribution in [0.15, 0.2) is 60.7 Å². The second-order valence-electron chi connectivity index (χ2n) is 5.98. The lowest BCUT2D eigenvalue weighted by atomic mass is 9.93. The SMILES string of the molecule is CC(O)(CCNc1nnc(Cc2ccccc2)s1)c1ccccc1. The normalized spacial score (nSPS) is 13.4. The molecule has 0 aliphatic heterocycles. The minimum atomic E-state index is -0.855. The van der Waals surface area contributed by atoms with Gasteiger partial charge in [0.25, 0.3) is 0 Å². The molecule has 0 saturated heterocycles. The first kappa shape index (κ1) is 16.6. The summed E-state index contributed by atoms with van der Waals surface area (Å²) in [7, 11) is 0. The third-order valence-electron chi connectivity index (χ3n) is 3.95. The van der Waals surface area contributed by atoms with E-state index in [1.54, 1.807) is 11.3 Å². The van der Waals surface area contributed by atoms with Gasteiger partial charge < -0.3 is 10.4 Å². The molecule has 2 N–H and O–H groups in total. The summed E-state index contributed by atoms with van der Waals surface area (Å²) in [5.74, 6) is 0. The zero-order valence-electron chi connectivity index (χ0n) is 13.6. The Hall–Kier alpha value is -2.24. The lowest BCUT2D eigenvalue weighted by molar-refractivity contribution is 0.0515. The van der Waals surface area contributed by atoms with Gasteiger partial charge >= 0.3 is 0 Å². The highest BCUT2D eigenvalue weighted by Gasteiger charge is 2.22. The molecular formula is C19H21N3OS. The van der Waals surface area contributed by atoms with E-state index in [1.807, 2.05) is 55.5 Å². The van der Waals surface area contributed by atoms with Gasteiger partial charge in [0.05, 0.1) is 5.60 Å². The first-order chi connectivity index (χ1) is 11.6. The number of aromatic nitrogens is 2. The molecule has 0 amide bonds. The van der Waals surface area contributed by atoms with Crippen molar-refractivity contribution in [3.05, 3.63) is 76.8 Å². The highest BCUT2D eigenvalue weighted by Crippen LogP contribution is 2.25. The van der Waals surface area contributed by atoms with Crippen molar-refractivity contribution in [2.45, 2.75) is 25.4 Å². The fourth-order valence-electron chi connectivity index (χ4n) is 2.52. The molecule has 24 heavy (non-hydrogen) atoms. The zero-order valence-corrected chi connectivity index (χ0v) is 14.5. The van der Waals surface area contributed by atoms with Crippen LogP contribution in [-0.4, -0.2) is 21.8 Å². The Morgan fingerprint density at radius 1 is 1.00 bits per heavy atom. The largest absolute Gasteiger partial charge is 0.385 e. The minimum absolute atomic E-state index is 0.602. The molecule has 0 spiro atoms. The molecule has 1 unspecified atom stereocenters. The van der Waals surface area contributed by atoms with Crippen LogP contribution in [0.5, 0.6) is 0 Å². The highest BCUT2D eigenvalue weighted by molar-refractivity contribution is 7.15. The average Bonchev–Trinajstić information content (AvgIpc) is 3.04. The van der Waals surface area contributed by atoms with Crippen molar-refractivity contribution < 1.29 is 5.11 Å². The first-order valence-electron chi connectivity index (χ1n) is 8.01. The van der Waals surface area contributed by atoms with Crippen LogP contribution >= 0.6 is 11.3 Å². The van der Waals surface area contributed by atoms with Gasteiger partial charge in [0.15, 0.2) is 0 Å². The summed E-state index contributed by atoms with van der Waals surface area (Å²) >= 11 is 1.56. The summed E-state index contributed by atoms with van der Waals surface area (Å²) in [4.78, 5) is 0. The molecule has 1 atom stereocenters. The van der Waals surface area contributed by atoms with Crippen molar-refractivity contribution in [1.29, 1.82) is 0 Å². The number of anilines is 1. The summed E-state index contributed by atoms with van der Waals surface area (Å²) in [6, 6.07) is 20.0. The fraction of sp³-hybridized carbons (Fsp3) is 0.263. The molecule has 5 heteroatoms. The molecule has 0 bridgehead atoms. The Bertz CT molecular complexity index is 757. The van der Waals surface area contributed by atoms with Crippen LogP contribution in [0.3, 0.4) is 0 Å². The molecule has 1 heterocycles. The van der Waals surface area contributed by atoms with E-state index >= 15 is 0 Å². The van der Waals surface area contributed by atoms with Crippen molar-refractivity contribution >= 4 is 16.5 Å². The Labute approximate surface area is 146 Å². The number of benzene rings is 2. The van der Waals surface area contributed by atoms with E-state index in [0.29, 0.717) is 13.0 Å². The summed E-state index contributed by atoms with van der Waals surface area (Å²) in [6.45, 7) is 2.48. The number of nitrogens with zero attached hydrogens (tertiary/aromatic N) is 2. The van der Waals surface area contributed by atoms with E-state index < -0.39 is 5.60 Å². The van der Waals surface area contributed by atoms with Crippen LogP contribution in [0.1, 0.15) is 29.5 Å². The van der Waals surface area contributed by atoms with Gasteiger partial charge in [0.1, 0.15) is 5.01 Å². The fourth-order valence-corrected chi connectivity index (χ4v) is 3.32. The van der Waals surface area contributed by atoms with Gasteiger partial charge in [0.2, 0.25) is 5.13 Å². The molecule has 4 nitrogen and oxygen atoms in total. The molecule has 0 aliphatic carbocycles. The molecule has 0 fully saturated rings. The quantitative estimate of drug-likeness (QED) is 0.687. The first-order valence-corrected chi connectivity index (χ1v) is 8.83. The van der Waals surface area contributed by atoms with Crippen molar-refractivity contribution in [2.75, 3.05) is 11.9 Å². The van der Waals surface area contributed by atoms with E-state index in [4.69, 9.17) is 0 Å². The standard InChI is InChI=1S/C19H21N3OS/c1-19(23,16-10-6-3-7-11-16)12-13-20-18-22-21-17(24-18)14-15-8-4-2-5-9-15/h2-11,23H,12-14H2,1H3,(H,20,22). The van der Waals surface area contributed by atoms with Crippen LogP contribution in [0.4, 0.5) is 5.13 Å². The predicted octanol–water partition coefficient (Wildman–Crippen LogP) is 3.84. The molecule has 0 saturated carbocycles. The van der Waals surface area contributed by atoms with E-state index in [1.165, 1.54) is 5.56 Å². The Morgan fingerprint density at radius 2 is 1.67 bits per heavy atom. The molecule has 0 radical (unpaired) electrons. The third-order valence-corrected chi connectivity index (χ3v) is 4.83. The zero-order chi connectivity index (χ0) is 16.8. The van der Waals surface area contributed by atoms with Gasteiger partial charge in [-0.1, -0.05) is 72.0 Å². The highest BCUT2D eigenvalue weighted by atomic mass is 32.1. The van der Waals surface area contributed by atoms with Crippen LogP contribution in [0.25, 0.3) is 0 Å². The third kappa shape index (κ3) is 4.40. The Morgan fingerprint density at radius 3 is 2.38 bits per heavy atom. The Balaban J connectivity index is 1.52. The van der Waals surface area contributed by atoms with Crippen LogP contribution in [0.2, 0.25) is 0 Å². The minimum Gasteiger partial charge on any atom is -0.385 e. The van der Waals surface area contributed by atoms with Crippen molar-refractivity contribution in [1.82, 2.24) is 10.2 Å². The molecule has 3 rings (SSSR count). The molecule has 124 valence electrons. The van der Waals surface area contributed by atoms with Gasteiger partial charge in [0, 0.05) is 13.0 Å². The average molecular weight is 339 g/mol. The lowest BCUT2D eigenvalue weighted by Crippen LogP contribution is -2.24. The van der Waals surface area contributed by atoms with Crippen molar-refractivity contribution in [2.24, 2.45) is 0 Å². The molecule has 3 aromatic rings. The second-order valence-corrected chi connectivity index (χ2v) is 7.04. The van der Waals surface area contributed by atoms with Gasteiger partial charge in [-0.05, 0) is 24.5 Å². The molecular weight excluding hydrogens is 318 g/mol. The maximum absolute atomic E-state index is 10.6. The number of hydrogen-bond acceptors (Lipinski definition) is 5. The maximum atomic E-state index is 10.6. The molecule has 0 aliphatic rings. The topological polar surface area (TPSA) is 58.0 Å². The predicted molar refractivity (Wildman–Crippen MR) is 98.3 cm³/mol. The monoisotopic (exact) mass is 339 g/mol. The summed E-state index contributed by atoms with van der Waals surface area (Å²) in [5.41, 5.74) is 1.30. The molecule has 2 aromatic carbocycles. The smallest absolute Gasteiger partial charge is 0.205 e. The van der Waals surface area contributed by atoms with Gasteiger partial charge in [-0.15, -0.1) is 10.2 Å². The van der Waals surface area contributed by atoms with Gasteiger partial charge in [-0.2, -0.15) is 0 Å².